The summed E-state index contributed by atoms with van der Waals surface area (Å²) in [5.41, 5.74) is 0. The van der Waals surface area contributed by atoms with Gasteiger partial charge < -0.3 is 14.7 Å². The first-order chi connectivity index (χ1) is 7.20. The lowest BCUT2D eigenvalue weighted by Crippen LogP contribution is -2.49. The van der Waals surface area contributed by atoms with Crippen LogP contribution in [0.15, 0.2) is 5.38 Å². The van der Waals surface area contributed by atoms with E-state index >= 15 is 0 Å². The first-order valence-corrected chi connectivity index (χ1v) is 6.06. The van der Waals surface area contributed by atoms with Crippen LogP contribution in [0.2, 0.25) is 5.15 Å². The summed E-state index contributed by atoms with van der Waals surface area (Å²) in [5.74, 6) is 0. The summed E-state index contributed by atoms with van der Waals surface area (Å²) in [4.78, 5) is 6.35. The SMILES string of the molecule is CC1COC(CO)CN1c1nc(Cl)cs1. The van der Waals surface area contributed by atoms with Crippen LogP contribution in [-0.2, 0) is 4.74 Å². The van der Waals surface area contributed by atoms with Crippen LogP contribution >= 0.6 is 22.9 Å². The third-order valence-electron chi connectivity index (χ3n) is 2.42. The molecule has 15 heavy (non-hydrogen) atoms. The summed E-state index contributed by atoms with van der Waals surface area (Å²) >= 11 is 7.31. The van der Waals surface area contributed by atoms with Crippen LogP contribution in [0.5, 0.6) is 0 Å². The minimum Gasteiger partial charge on any atom is -0.394 e. The molecule has 2 unspecified atom stereocenters. The van der Waals surface area contributed by atoms with Crippen molar-refractivity contribution in [3.8, 4) is 0 Å². The Morgan fingerprint density at radius 3 is 3.20 bits per heavy atom. The molecule has 6 heteroatoms. The molecule has 0 spiro atoms. The smallest absolute Gasteiger partial charge is 0.187 e. The van der Waals surface area contributed by atoms with Gasteiger partial charge in [-0.05, 0) is 6.92 Å². The molecule has 1 aromatic heterocycles. The number of hydrogen-bond donors (Lipinski definition) is 1. The predicted octanol–water partition coefficient (Wildman–Crippen LogP) is 1.38. The lowest BCUT2D eigenvalue weighted by Gasteiger charge is -2.37. The molecule has 0 aliphatic carbocycles. The van der Waals surface area contributed by atoms with E-state index in [0.717, 1.165) is 5.13 Å². The molecule has 2 atom stereocenters. The number of aromatic nitrogens is 1. The third-order valence-corrected chi connectivity index (χ3v) is 3.62. The number of hydrogen-bond acceptors (Lipinski definition) is 5. The number of nitrogens with zero attached hydrogens (tertiary/aromatic N) is 2. The molecule has 1 fully saturated rings. The second-order valence-electron chi connectivity index (χ2n) is 3.59. The second-order valence-corrected chi connectivity index (χ2v) is 4.82. The summed E-state index contributed by atoms with van der Waals surface area (Å²) < 4.78 is 5.45. The number of thiazole rings is 1. The van der Waals surface area contributed by atoms with Crippen LogP contribution in [0.3, 0.4) is 0 Å². The molecule has 1 aliphatic heterocycles. The van der Waals surface area contributed by atoms with Gasteiger partial charge >= 0.3 is 0 Å². The van der Waals surface area contributed by atoms with E-state index in [-0.39, 0.29) is 18.8 Å². The van der Waals surface area contributed by atoms with Crippen LogP contribution < -0.4 is 4.90 Å². The quantitative estimate of drug-likeness (QED) is 0.859. The number of morpholine rings is 1. The van der Waals surface area contributed by atoms with Crippen molar-refractivity contribution in [2.75, 3.05) is 24.7 Å². The van der Waals surface area contributed by atoms with Gasteiger partial charge in [-0.3, -0.25) is 0 Å². The zero-order valence-corrected chi connectivity index (χ0v) is 9.96. The maximum atomic E-state index is 9.05. The van der Waals surface area contributed by atoms with Crippen LogP contribution in [0.25, 0.3) is 0 Å². The summed E-state index contributed by atoms with van der Waals surface area (Å²) in [5, 5.41) is 12.3. The van der Waals surface area contributed by atoms with Crippen molar-refractivity contribution in [3.05, 3.63) is 10.5 Å². The minimum atomic E-state index is -0.121. The molecule has 1 aliphatic rings. The topological polar surface area (TPSA) is 45.6 Å². The highest BCUT2D eigenvalue weighted by molar-refractivity contribution is 7.14. The zero-order valence-electron chi connectivity index (χ0n) is 8.39. The molecule has 4 nitrogen and oxygen atoms in total. The van der Waals surface area contributed by atoms with E-state index in [1.807, 2.05) is 5.38 Å². The molecular formula is C9H13ClN2O2S. The lowest BCUT2D eigenvalue weighted by molar-refractivity contribution is -0.0103. The Morgan fingerprint density at radius 1 is 1.80 bits per heavy atom. The van der Waals surface area contributed by atoms with Gasteiger partial charge in [-0.15, -0.1) is 11.3 Å². The standard InChI is InChI=1S/C9H13ClN2O2S/c1-6-4-14-7(3-13)2-12(6)9-11-8(10)5-15-9/h5-7,13H,2-4H2,1H3. The molecule has 0 bridgehead atoms. The zero-order chi connectivity index (χ0) is 10.8. The average Bonchev–Trinajstić information content (AvgIpc) is 2.65. The Morgan fingerprint density at radius 2 is 2.60 bits per heavy atom. The Hall–Kier alpha value is -0.360. The van der Waals surface area contributed by atoms with Gasteiger partial charge in [0.15, 0.2) is 5.13 Å². The average molecular weight is 249 g/mol. The van der Waals surface area contributed by atoms with Gasteiger partial charge in [-0.1, -0.05) is 11.6 Å². The summed E-state index contributed by atoms with van der Waals surface area (Å²) in [6.45, 7) is 3.40. The van der Waals surface area contributed by atoms with Crippen LogP contribution in [0.1, 0.15) is 6.92 Å². The first-order valence-electron chi connectivity index (χ1n) is 4.81. The van der Waals surface area contributed by atoms with Gasteiger partial charge in [0.2, 0.25) is 0 Å². The molecule has 0 amide bonds. The molecule has 0 radical (unpaired) electrons. The largest absolute Gasteiger partial charge is 0.394 e. The van der Waals surface area contributed by atoms with Gasteiger partial charge in [0.1, 0.15) is 5.15 Å². The third kappa shape index (κ3) is 2.42. The van der Waals surface area contributed by atoms with Crippen molar-refractivity contribution in [1.82, 2.24) is 4.98 Å². The first kappa shape index (κ1) is 11.1. The normalized spacial score (nSPS) is 27.0. The van der Waals surface area contributed by atoms with Crippen molar-refractivity contribution < 1.29 is 9.84 Å². The fourth-order valence-corrected chi connectivity index (χ4v) is 2.63. The monoisotopic (exact) mass is 248 g/mol. The van der Waals surface area contributed by atoms with Gasteiger partial charge in [0.05, 0.1) is 25.4 Å². The number of anilines is 1. The van der Waals surface area contributed by atoms with Crippen molar-refractivity contribution in [1.29, 1.82) is 0 Å². The van der Waals surface area contributed by atoms with Crippen LogP contribution in [-0.4, -0.2) is 42.0 Å². The Labute approximate surface area is 97.4 Å². The molecule has 0 aromatic carbocycles. The van der Waals surface area contributed by atoms with Gasteiger partial charge in [0.25, 0.3) is 0 Å². The molecule has 1 N–H and O–H groups in total. The highest BCUT2D eigenvalue weighted by Gasteiger charge is 2.27. The molecule has 0 saturated carbocycles. The molecule has 2 rings (SSSR count). The van der Waals surface area contributed by atoms with Crippen molar-refractivity contribution in [3.63, 3.8) is 0 Å². The predicted molar refractivity (Wildman–Crippen MR) is 60.8 cm³/mol. The summed E-state index contributed by atoms with van der Waals surface area (Å²) in [7, 11) is 0. The van der Waals surface area contributed by atoms with E-state index in [0.29, 0.717) is 18.3 Å². The fourth-order valence-electron chi connectivity index (χ4n) is 1.57. The Kier molecular flexibility index (Phi) is 3.45. The van der Waals surface area contributed by atoms with Crippen molar-refractivity contribution in [2.45, 2.75) is 19.1 Å². The van der Waals surface area contributed by atoms with E-state index < -0.39 is 0 Å². The van der Waals surface area contributed by atoms with E-state index in [9.17, 15) is 0 Å². The highest BCUT2D eigenvalue weighted by Crippen LogP contribution is 2.27. The minimum absolute atomic E-state index is 0.0440. The van der Waals surface area contributed by atoms with Gasteiger partial charge in [-0.25, -0.2) is 4.98 Å². The highest BCUT2D eigenvalue weighted by atomic mass is 35.5. The molecular weight excluding hydrogens is 236 g/mol. The number of aliphatic hydroxyl groups is 1. The summed E-state index contributed by atoms with van der Waals surface area (Å²) in [6, 6.07) is 0.273. The molecule has 84 valence electrons. The number of aliphatic hydroxyl groups excluding tert-OH is 1. The van der Waals surface area contributed by atoms with Crippen molar-refractivity contribution in [2.24, 2.45) is 0 Å². The second kappa shape index (κ2) is 4.65. The van der Waals surface area contributed by atoms with E-state index in [1.54, 1.807) is 0 Å². The lowest BCUT2D eigenvalue weighted by atomic mass is 10.2. The molecule has 1 aromatic rings. The Bertz CT molecular complexity index is 334. The van der Waals surface area contributed by atoms with Crippen LogP contribution in [0.4, 0.5) is 5.13 Å². The summed E-state index contributed by atoms with van der Waals surface area (Å²) in [6.07, 6.45) is -0.121. The van der Waals surface area contributed by atoms with E-state index in [4.69, 9.17) is 21.4 Å². The maximum absolute atomic E-state index is 9.05. The number of halogens is 1. The molecule has 1 saturated heterocycles. The van der Waals surface area contributed by atoms with Gasteiger partial charge in [0, 0.05) is 11.9 Å². The van der Waals surface area contributed by atoms with Crippen molar-refractivity contribution >= 4 is 28.1 Å². The fraction of sp³-hybridized carbons (Fsp3) is 0.667. The molecule has 2 heterocycles. The maximum Gasteiger partial charge on any atom is 0.187 e. The van der Waals surface area contributed by atoms with E-state index in [2.05, 4.69) is 16.8 Å². The number of rotatable bonds is 2. The Balaban J connectivity index is 2.12. The van der Waals surface area contributed by atoms with Gasteiger partial charge in [-0.2, -0.15) is 0 Å². The van der Waals surface area contributed by atoms with Crippen LogP contribution in [0, 0.1) is 0 Å². The number of ether oxygens (including phenoxy) is 1. The van der Waals surface area contributed by atoms with E-state index in [1.165, 1.54) is 11.3 Å².